The quantitative estimate of drug-likeness (QED) is 0.459. The van der Waals surface area contributed by atoms with E-state index in [9.17, 15) is 4.79 Å². The molecular weight excluding hydrogens is 236 g/mol. The van der Waals surface area contributed by atoms with E-state index >= 15 is 0 Å². The average Bonchev–Trinajstić information content (AvgIpc) is 2.62. The first-order valence-electron chi connectivity index (χ1n) is 5.22. The Hall–Kier alpha value is -1.05. The summed E-state index contributed by atoms with van der Waals surface area (Å²) in [6.07, 6.45) is 0. The molecule has 0 amide bonds. The fourth-order valence-electron chi connectivity index (χ4n) is 0.966. The standard InChI is InChI=1S/C12H16O2SSi/c1-5-14-12(13)11-7-6-10(15-11)8-9-16(2,3)4/h6-7H,5H2,1-4H3. The molecule has 0 aliphatic rings. The van der Waals surface area contributed by atoms with Crippen LogP contribution in [0.1, 0.15) is 21.5 Å². The molecule has 1 aromatic heterocycles. The summed E-state index contributed by atoms with van der Waals surface area (Å²) in [6, 6.07) is 3.65. The molecule has 16 heavy (non-hydrogen) atoms. The Bertz CT molecular complexity index is 432. The minimum atomic E-state index is -1.34. The van der Waals surface area contributed by atoms with Gasteiger partial charge in [-0.15, -0.1) is 16.9 Å². The highest BCUT2D eigenvalue weighted by Gasteiger charge is 2.10. The van der Waals surface area contributed by atoms with E-state index in [0.29, 0.717) is 11.5 Å². The minimum absolute atomic E-state index is 0.256. The number of ether oxygens (including phenoxy) is 1. The van der Waals surface area contributed by atoms with E-state index in [1.807, 2.05) is 6.07 Å². The van der Waals surface area contributed by atoms with Crippen LogP contribution >= 0.6 is 11.3 Å². The van der Waals surface area contributed by atoms with E-state index in [4.69, 9.17) is 4.74 Å². The molecule has 0 atom stereocenters. The van der Waals surface area contributed by atoms with Crippen LogP contribution in [0.5, 0.6) is 0 Å². The van der Waals surface area contributed by atoms with Crippen LogP contribution in [-0.2, 0) is 4.74 Å². The second-order valence-electron chi connectivity index (χ2n) is 4.38. The molecule has 4 heteroatoms. The molecule has 0 aromatic carbocycles. The van der Waals surface area contributed by atoms with Crippen molar-refractivity contribution < 1.29 is 9.53 Å². The van der Waals surface area contributed by atoms with Gasteiger partial charge >= 0.3 is 5.97 Å². The van der Waals surface area contributed by atoms with Crippen LogP contribution in [0.4, 0.5) is 0 Å². The maximum atomic E-state index is 11.4. The van der Waals surface area contributed by atoms with Gasteiger partial charge < -0.3 is 4.74 Å². The molecule has 0 spiro atoms. The number of rotatable bonds is 2. The summed E-state index contributed by atoms with van der Waals surface area (Å²) in [5.74, 6) is 2.87. The van der Waals surface area contributed by atoms with E-state index in [2.05, 4.69) is 31.1 Å². The molecule has 0 unspecified atom stereocenters. The molecule has 0 saturated heterocycles. The minimum Gasteiger partial charge on any atom is -0.462 e. The Labute approximate surface area is 102 Å². The first-order valence-corrected chi connectivity index (χ1v) is 9.54. The predicted molar refractivity (Wildman–Crippen MR) is 70.5 cm³/mol. The van der Waals surface area contributed by atoms with Crippen molar-refractivity contribution in [3.8, 4) is 11.5 Å². The lowest BCUT2D eigenvalue weighted by molar-refractivity contribution is 0.0532. The zero-order valence-electron chi connectivity index (χ0n) is 10.1. The molecular formula is C12H16O2SSi. The summed E-state index contributed by atoms with van der Waals surface area (Å²) in [5, 5.41) is 0. The Kier molecular flexibility index (Phi) is 4.33. The van der Waals surface area contributed by atoms with Crippen LogP contribution in [-0.4, -0.2) is 20.7 Å². The molecule has 0 aliphatic carbocycles. The van der Waals surface area contributed by atoms with Crippen LogP contribution in [0.2, 0.25) is 19.6 Å². The third-order valence-electron chi connectivity index (χ3n) is 1.64. The second kappa shape index (κ2) is 5.33. The Balaban J connectivity index is 2.79. The summed E-state index contributed by atoms with van der Waals surface area (Å²) in [5.41, 5.74) is 3.27. The number of thiophene rings is 1. The Morgan fingerprint density at radius 1 is 1.44 bits per heavy atom. The van der Waals surface area contributed by atoms with Crippen LogP contribution in [0, 0.1) is 11.5 Å². The van der Waals surface area contributed by atoms with Gasteiger partial charge in [0, 0.05) is 0 Å². The van der Waals surface area contributed by atoms with Gasteiger partial charge in [0.25, 0.3) is 0 Å². The summed E-state index contributed by atoms with van der Waals surface area (Å²) < 4.78 is 4.92. The van der Waals surface area contributed by atoms with Crippen molar-refractivity contribution in [1.29, 1.82) is 0 Å². The highest BCUT2D eigenvalue weighted by Crippen LogP contribution is 2.16. The van der Waals surface area contributed by atoms with Crippen molar-refractivity contribution in [2.24, 2.45) is 0 Å². The fourth-order valence-corrected chi connectivity index (χ4v) is 2.32. The van der Waals surface area contributed by atoms with Crippen molar-refractivity contribution in [3.63, 3.8) is 0 Å². The number of carbonyl (C=O) groups excluding carboxylic acids is 1. The van der Waals surface area contributed by atoms with Crippen molar-refractivity contribution >= 4 is 25.4 Å². The second-order valence-corrected chi connectivity index (χ2v) is 10.2. The Morgan fingerprint density at radius 2 is 2.12 bits per heavy atom. The number of esters is 1. The molecule has 1 heterocycles. The van der Waals surface area contributed by atoms with Crippen LogP contribution < -0.4 is 0 Å². The van der Waals surface area contributed by atoms with Gasteiger partial charge in [-0.2, -0.15) is 0 Å². The highest BCUT2D eigenvalue weighted by atomic mass is 32.1. The highest BCUT2D eigenvalue weighted by molar-refractivity contribution is 7.14. The SMILES string of the molecule is CCOC(=O)c1ccc(C#C[Si](C)(C)C)s1. The molecule has 1 rings (SSSR count). The zero-order chi connectivity index (χ0) is 12.2. The maximum absolute atomic E-state index is 11.4. The van der Waals surface area contributed by atoms with Gasteiger partial charge in [0.05, 0.1) is 11.5 Å². The molecule has 1 aromatic rings. The molecule has 0 aliphatic heterocycles. The van der Waals surface area contributed by atoms with Gasteiger partial charge in [-0.3, -0.25) is 0 Å². The Morgan fingerprint density at radius 3 is 2.69 bits per heavy atom. The van der Waals surface area contributed by atoms with Crippen molar-refractivity contribution in [1.82, 2.24) is 0 Å². The largest absolute Gasteiger partial charge is 0.462 e. The van der Waals surface area contributed by atoms with Gasteiger partial charge in [-0.1, -0.05) is 25.6 Å². The lowest BCUT2D eigenvalue weighted by atomic mass is 10.4. The smallest absolute Gasteiger partial charge is 0.348 e. The maximum Gasteiger partial charge on any atom is 0.348 e. The molecule has 0 radical (unpaired) electrons. The molecule has 0 bridgehead atoms. The van der Waals surface area contributed by atoms with Gasteiger partial charge in [0.2, 0.25) is 0 Å². The zero-order valence-corrected chi connectivity index (χ0v) is 11.9. The van der Waals surface area contributed by atoms with Crippen LogP contribution in [0.3, 0.4) is 0 Å². The van der Waals surface area contributed by atoms with Gasteiger partial charge in [0.15, 0.2) is 0 Å². The van der Waals surface area contributed by atoms with Crippen molar-refractivity contribution in [2.75, 3.05) is 6.61 Å². The van der Waals surface area contributed by atoms with Crippen molar-refractivity contribution in [2.45, 2.75) is 26.6 Å². The average molecular weight is 252 g/mol. The van der Waals surface area contributed by atoms with E-state index in [0.717, 1.165) is 4.88 Å². The molecule has 0 saturated carbocycles. The molecule has 86 valence electrons. The van der Waals surface area contributed by atoms with E-state index in [1.165, 1.54) is 11.3 Å². The normalized spacial score (nSPS) is 10.5. The summed E-state index contributed by atoms with van der Waals surface area (Å²) in [4.78, 5) is 13.0. The van der Waals surface area contributed by atoms with Crippen LogP contribution in [0.15, 0.2) is 12.1 Å². The number of carbonyl (C=O) groups is 1. The van der Waals surface area contributed by atoms with E-state index < -0.39 is 8.07 Å². The topological polar surface area (TPSA) is 26.3 Å². The lowest BCUT2D eigenvalue weighted by Crippen LogP contribution is -2.16. The van der Waals surface area contributed by atoms with E-state index in [1.54, 1.807) is 13.0 Å². The van der Waals surface area contributed by atoms with Crippen molar-refractivity contribution in [3.05, 3.63) is 21.9 Å². The summed E-state index contributed by atoms with van der Waals surface area (Å²) >= 11 is 1.40. The summed E-state index contributed by atoms with van der Waals surface area (Å²) in [6.45, 7) is 8.80. The summed E-state index contributed by atoms with van der Waals surface area (Å²) in [7, 11) is -1.34. The van der Waals surface area contributed by atoms with Gasteiger partial charge in [-0.05, 0) is 19.1 Å². The molecule has 0 N–H and O–H groups in total. The number of hydrogen-bond donors (Lipinski definition) is 0. The van der Waals surface area contributed by atoms with E-state index in [-0.39, 0.29) is 5.97 Å². The number of hydrogen-bond acceptors (Lipinski definition) is 3. The predicted octanol–water partition coefficient (Wildman–Crippen LogP) is 3.15. The molecule has 2 nitrogen and oxygen atoms in total. The first kappa shape index (κ1) is 13.0. The third kappa shape index (κ3) is 4.21. The molecule has 0 fully saturated rings. The van der Waals surface area contributed by atoms with Gasteiger partial charge in [0.1, 0.15) is 13.0 Å². The monoisotopic (exact) mass is 252 g/mol. The fraction of sp³-hybridized carbons (Fsp3) is 0.417. The third-order valence-corrected chi connectivity index (χ3v) is 3.50. The lowest BCUT2D eigenvalue weighted by Gasteiger charge is -2.02. The first-order chi connectivity index (χ1) is 7.42. The van der Waals surface area contributed by atoms with Gasteiger partial charge in [-0.25, -0.2) is 4.79 Å². The van der Waals surface area contributed by atoms with Crippen LogP contribution in [0.25, 0.3) is 0 Å².